The van der Waals surface area contributed by atoms with E-state index in [-0.39, 0.29) is 4.47 Å². The second-order valence-corrected chi connectivity index (χ2v) is 3.44. The molecule has 0 bridgehead atoms. The summed E-state index contributed by atoms with van der Waals surface area (Å²) in [6.07, 6.45) is -3.02. The third-order valence-electron chi connectivity index (χ3n) is 1.59. The number of halogens is 3. The van der Waals surface area contributed by atoms with Crippen molar-refractivity contribution in [2.24, 2.45) is 0 Å². The van der Waals surface area contributed by atoms with Gasteiger partial charge in [-0.05, 0) is 15.9 Å². The van der Waals surface area contributed by atoms with Crippen molar-refractivity contribution in [3.8, 4) is 0 Å². The quantitative estimate of drug-likeness (QED) is 0.683. The molecule has 0 aliphatic rings. The Bertz CT molecular complexity index is 466. The molecular weight excluding hydrogens is 294 g/mol. The molecule has 0 saturated heterocycles. The summed E-state index contributed by atoms with van der Waals surface area (Å²) in [5.74, 6) is -1.74. The first-order valence-corrected chi connectivity index (χ1v) is 4.50. The fourth-order valence-electron chi connectivity index (χ4n) is 0.943. The summed E-state index contributed by atoms with van der Waals surface area (Å²) >= 11 is 2.66. The topological polar surface area (TPSA) is 93.3 Å². The first-order valence-electron chi connectivity index (χ1n) is 3.71. The third kappa shape index (κ3) is 2.30. The van der Waals surface area contributed by atoms with Crippen molar-refractivity contribution in [1.82, 2.24) is 4.98 Å². The Morgan fingerprint density at radius 1 is 1.62 bits per heavy atom. The molecule has 1 aromatic heterocycles. The first-order chi connectivity index (χ1) is 7.34. The molecule has 1 rings (SSSR count). The van der Waals surface area contributed by atoms with Crippen LogP contribution < -0.4 is 0 Å². The molecule has 6 nitrogen and oxygen atoms in total. The average Bonchev–Trinajstić information content (AvgIpc) is 2.15. The third-order valence-corrected chi connectivity index (χ3v) is 2.22. The molecule has 0 aliphatic carbocycles. The SMILES string of the molecule is O=C(O)c1nc(C(F)F)c(Br)cc1[N+](=O)[O-]. The van der Waals surface area contributed by atoms with Gasteiger partial charge in [0, 0.05) is 6.07 Å². The molecule has 1 heterocycles. The lowest BCUT2D eigenvalue weighted by Gasteiger charge is -2.04. The second kappa shape index (κ2) is 4.47. The molecule has 1 N–H and O–H groups in total. The monoisotopic (exact) mass is 296 g/mol. The van der Waals surface area contributed by atoms with Crippen molar-refractivity contribution < 1.29 is 23.6 Å². The van der Waals surface area contributed by atoms with Gasteiger partial charge in [0.1, 0.15) is 5.69 Å². The molecule has 0 amide bonds. The summed E-state index contributed by atoms with van der Waals surface area (Å²) in [5.41, 5.74) is -2.70. The molecule has 1 aromatic rings. The van der Waals surface area contributed by atoms with Crippen LogP contribution in [-0.2, 0) is 0 Å². The van der Waals surface area contributed by atoms with E-state index in [2.05, 4.69) is 20.9 Å². The Labute approximate surface area is 95.2 Å². The zero-order valence-electron chi connectivity index (χ0n) is 7.35. The molecule has 9 heteroatoms. The van der Waals surface area contributed by atoms with E-state index in [4.69, 9.17) is 5.11 Å². The van der Waals surface area contributed by atoms with Gasteiger partial charge in [-0.25, -0.2) is 18.6 Å². The zero-order chi connectivity index (χ0) is 12.5. The molecule has 0 unspecified atom stereocenters. The molecule has 0 aliphatic heterocycles. The minimum absolute atomic E-state index is 0.306. The van der Waals surface area contributed by atoms with Crippen molar-refractivity contribution in [3.05, 3.63) is 32.0 Å². The van der Waals surface area contributed by atoms with Crippen LogP contribution in [0, 0.1) is 10.1 Å². The molecule has 0 atom stereocenters. The van der Waals surface area contributed by atoms with Crippen molar-refractivity contribution in [1.29, 1.82) is 0 Å². The number of nitrogens with zero attached hydrogens (tertiary/aromatic N) is 2. The molecule has 0 fully saturated rings. The number of hydrogen-bond acceptors (Lipinski definition) is 4. The van der Waals surface area contributed by atoms with Gasteiger partial charge in [-0.3, -0.25) is 10.1 Å². The van der Waals surface area contributed by atoms with Crippen LogP contribution in [0.4, 0.5) is 14.5 Å². The van der Waals surface area contributed by atoms with Gasteiger partial charge in [0.25, 0.3) is 6.43 Å². The van der Waals surface area contributed by atoms with Gasteiger partial charge in [-0.1, -0.05) is 0 Å². The first kappa shape index (κ1) is 12.4. The van der Waals surface area contributed by atoms with Crippen LogP contribution in [0.15, 0.2) is 10.5 Å². The van der Waals surface area contributed by atoms with Crippen molar-refractivity contribution in [3.63, 3.8) is 0 Å². The summed E-state index contributed by atoms with van der Waals surface area (Å²) < 4.78 is 24.4. The number of carbonyl (C=O) groups is 1. The van der Waals surface area contributed by atoms with Gasteiger partial charge in [0.15, 0.2) is 0 Å². The number of aromatic nitrogens is 1. The minimum Gasteiger partial charge on any atom is -0.476 e. The Balaban J connectivity index is 3.49. The van der Waals surface area contributed by atoms with Crippen molar-refractivity contribution >= 4 is 27.6 Å². The van der Waals surface area contributed by atoms with E-state index in [0.29, 0.717) is 6.07 Å². The molecule has 0 radical (unpaired) electrons. The van der Waals surface area contributed by atoms with E-state index in [1.165, 1.54) is 0 Å². The highest BCUT2D eigenvalue weighted by Crippen LogP contribution is 2.30. The van der Waals surface area contributed by atoms with E-state index in [0.717, 1.165) is 0 Å². The molecular formula is C7H3BrF2N2O4. The van der Waals surface area contributed by atoms with Crippen LogP contribution in [0.3, 0.4) is 0 Å². The minimum atomic E-state index is -3.02. The lowest BCUT2D eigenvalue weighted by Crippen LogP contribution is -2.08. The largest absolute Gasteiger partial charge is 0.476 e. The van der Waals surface area contributed by atoms with Crippen LogP contribution >= 0.6 is 15.9 Å². The van der Waals surface area contributed by atoms with E-state index in [9.17, 15) is 23.7 Å². The predicted octanol–water partition coefficient (Wildman–Crippen LogP) is 2.39. The fourth-order valence-corrected chi connectivity index (χ4v) is 1.42. The summed E-state index contributed by atoms with van der Waals surface area (Å²) in [6, 6.07) is 0.692. The average molecular weight is 297 g/mol. The van der Waals surface area contributed by atoms with Gasteiger partial charge in [-0.15, -0.1) is 0 Å². The lowest BCUT2D eigenvalue weighted by molar-refractivity contribution is -0.385. The highest BCUT2D eigenvalue weighted by Gasteiger charge is 2.27. The fraction of sp³-hybridized carbons (Fsp3) is 0.143. The van der Waals surface area contributed by atoms with E-state index in [1.54, 1.807) is 0 Å². The van der Waals surface area contributed by atoms with Crippen LogP contribution in [0.2, 0.25) is 0 Å². The van der Waals surface area contributed by atoms with Crippen LogP contribution in [0.25, 0.3) is 0 Å². The highest BCUT2D eigenvalue weighted by molar-refractivity contribution is 9.10. The maximum atomic E-state index is 12.3. The number of rotatable bonds is 3. The molecule has 0 aromatic carbocycles. The van der Waals surface area contributed by atoms with E-state index in [1.807, 2.05) is 0 Å². The number of nitro groups is 1. The van der Waals surface area contributed by atoms with Gasteiger partial charge in [0.2, 0.25) is 5.69 Å². The maximum Gasteiger partial charge on any atom is 0.361 e. The standard InChI is InChI=1S/C7H3BrF2N2O4/c8-2-1-3(12(15)16)5(7(13)14)11-4(2)6(9)10/h1,6H,(H,13,14). The van der Waals surface area contributed by atoms with Gasteiger partial charge in [-0.2, -0.15) is 0 Å². The summed E-state index contributed by atoms with van der Waals surface area (Å²) in [4.78, 5) is 23.1. The zero-order valence-corrected chi connectivity index (χ0v) is 8.94. The predicted molar refractivity (Wildman–Crippen MR) is 50.5 cm³/mol. The second-order valence-electron chi connectivity index (χ2n) is 2.59. The van der Waals surface area contributed by atoms with Crippen LogP contribution in [0.5, 0.6) is 0 Å². The number of carboxylic acid groups (broad SMARTS) is 1. The lowest BCUT2D eigenvalue weighted by atomic mass is 10.2. The van der Waals surface area contributed by atoms with Crippen LogP contribution in [-0.4, -0.2) is 21.0 Å². The number of aromatic carboxylic acids is 1. The number of alkyl halides is 2. The van der Waals surface area contributed by atoms with Crippen molar-refractivity contribution in [2.75, 3.05) is 0 Å². The molecule has 0 spiro atoms. The Morgan fingerprint density at radius 2 is 2.19 bits per heavy atom. The Hall–Kier alpha value is -1.64. The smallest absolute Gasteiger partial charge is 0.361 e. The van der Waals surface area contributed by atoms with E-state index >= 15 is 0 Å². The van der Waals surface area contributed by atoms with Gasteiger partial charge >= 0.3 is 11.7 Å². The maximum absolute atomic E-state index is 12.3. The molecule has 0 saturated carbocycles. The summed E-state index contributed by atoms with van der Waals surface area (Å²) in [6.45, 7) is 0. The Morgan fingerprint density at radius 3 is 2.56 bits per heavy atom. The van der Waals surface area contributed by atoms with Gasteiger partial charge in [0.05, 0.1) is 9.40 Å². The number of carboxylic acids is 1. The number of pyridine rings is 1. The van der Waals surface area contributed by atoms with Gasteiger partial charge < -0.3 is 5.11 Å². The van der Waals surface area contributed by atoms with Crippen LogP contribution in [0.1, 0.15) is 22.6 Å². The van der Waals surface area contributed by atoms with Crippen molar-refractivity contribution in [2.45, 2.75) is 6.43 Å². The van der Waals surface area contributed by atoms with E-state index < -0.39 is 34.4 Å². The normalized spacial score (nSPS) is 10.5. The summed E-state index contributed by atoms with van der Waals surface area (Å²) in [5, 5.41) is 19.0. The Kier molecular flexibility index (Phi) is 3.48. The molecule has 86 valence electrons. The highest BCUT2D eigenvalue weighted by atomic mass is 79.9. The summed E-state index contributed by atoms with van der Waals surface area (Å²) in [7, 11) is 0. The molecule has 16 heavy (non-hydrogen) atoms. The number of hydrogen-bond donors (Lipinski definition) is 1.